The fraction of sp³-hybridized carbons (Fsp3) is 0.920. The van der Waals surface area contributed by atoms with Gasteiger partial charge in [0, 0.05) is 0 Å². The molecule has 0 aromatic heterocycles. The number of unbranched alkanes of at least 4 members (excludes halogenated alkanes) is 12. The van der Waals surface area contributed by atoms with Crippen molar-refractivity contribution in [2.75, 3.05) is 0 Å². The third-order valence-electron chi connectivity index (χ3n) is 5.56. The summed E-state index contributed by atoms with van der Waals surface area (Å²) in [5.74, 6) is 1.01. The first kappa shape index (κ1) is 24.7. The lowest BCUT2D eigenvalue weighted by molar-refractivity contribution is 0.379. The molecule has 0 nitrogen and oxygen atoms in total. The molecule has 0 spiro atoms. The molecule has 0 radical (unpaired) electrons. The average Bonchev–Trinajstić information content (AvgIpc) is 2.63. The Kier molecular flexibility index (Phi) is 21.6. The van der Waals surface area contributed by atoms with Gasteiger partial charge in [-0.15, -0.1) is 0 Å². The molecule has 1 unspecified atom stereocenters. The lowest BCUT2D eigenvalue weighted by Crippen LogP contribution is -2.01. The molecular weight excluding hydrogens is 300 g/mol. The van der Waals surface area contributed by atoms with Gasteiger partial charge in [-0.1, -0.05) is 129 Å². The lowest BCUT2D eigenvalue weighted by atomic mass is 9.90. The van der Waals surface area contributed by atoms with Gasteiger partial charge in [-0.3, -0.25) is 0 Å². The Bertz CT molecular complexity index is 253. The van der Waals surface area contributed by atoms with Crippen LogP contribution in [0.1, 0.15) is 143 Å². The van der Waals surface area contributed by atoms with E-state index in [1.165, 1.54) is 122 Å². The van der Waals surface area contributed by atoms with E-state index >= 15 is 0 Å². The molecule has 0 aliphatic rings. The highest BCUT2D eigenvalue weighted by atomic mass is 14.1. The SMILES string of the molecule is CCCCCCCC=CCCCC(CCCC)CCCCCCCC. The van der Waals surface area contributed by atoms with E-state index in [-0.39, 0.29) is 0 Å². The average molecular weight is 351 g/mol. The Morgan fingerprint density at radius 2 is 0.880 bits per heavy atom. The summed E-state index contributed by atoms with van der Waals surface area (Å²) in [5.41, 5.74) is 0. The van der Waals surface area contributed by atoms with E-state index in [9.17, 15) is 0 Å². The Morgan fingerprint density at radius 3 is 1.52 bits per heavy atom. The van der Waals surface area contributed by atoms with Crippen LogP contribution in [0.3, 0.4) is 0 Å². The summed E-state index contributed by atoms with van der Waals surface area (Å²) in [6, 6.07) is 0. The van der Waals surface area contributed by atoms with Crippen molar-refractivity contribution in [2.45, 2.75) is 143 Å². The smallest absolute Gasteiger partial charge is 0.0351 e. The summed E-state index contributed by atoms with van der Waals surface area (Å²) in [5, 5.41) is 0. The molecule has 0 aliphatic carbocycles. The van der Waals surface area contributed by atoms with E-state index in [0.29, 0.717) is 0 Å². The molecule has 0 aromatic rings. The number of rotatable bonds is 20. The zero-order chi connectivity index (χ0) is 18.4. The highest BCUT2D eigenvalue weighted by Crippen LogP contribution is 2.23. The van der Waals surface area contributed by atoms with Crippen LogP contribution in [0.2, 0.25) is 0 Å². The van der Waals surface area contributed by atoms with Gasteiger partial charge in [-0.2, -0.15) is 0 Å². The zero-order valence-corrected chi connectivity index (χ0v) is 18.2. The Labute approximate surface area is 161 Å². The summed E-state index contributed by atoms with van der Waals surface area (Å²) < 4.78 is 0. The minimum Gasteiger partial charge on any atom is -0.0885 e. The lowest BCUT2D eigenvalue weighted by Gasteiger charge is -2.16. The molecule has 0 aromatic carbocycles. The van der Waals surface area contributed by atoms with Gasteiger partial charge < -0.3 is 0 Å². The minimum atomic E-state index is 1.01. The van der Waals surface area contributed by atoms with Gasteiger partial charge in [-0.25, -0.2) is 0 Å². The Balaban J connectivity index is 3.63. The van der Waals surface area contributed by atoms with Crippen molar-refractivity contribution in [3.63, 3.8) is 0 Å². The van der Waals surface area contributed by atoms with Crippen molar-refractivity contribution >= 4 is 0 Å². The molecule has 0 fully saturated rings. The fourth-order valence-electron chi connectivity index (χ4n) is 3.76. The van der Waals surface area contributed by atoms with Gasteiger partial charge in [0.15, 0.2) is 0 Å². The Morgan fingerprint density at radius 1 is 0.440 bits per heavy atom. The van der Waals surface area contributed by atoms with Crippen molar-refractivity contribution in [3.8, 4) is 0 Å². The van der Waals surface area contributed by atoms with Crippen LogP contribution in [0.5, 0.6) is 0 Å². The normalized spacial score (nSPS) is 12.9. The first-order valence-corrected chi connectivity index (χ1v) is 12.0. The first-order chi connectivity index (χ1) is 12.3. The fourth-order valence-corrected chi connectivity index (χ4v) is 3.76. The molecule has 0 saturated carbocycles. The molecule has 0 aliphatic heterocycles. The molecule has 0 saturated heterocycles. The minimum absolute atomic E-state index is 1.01. The second-order valence-corrected chi connectivity index (χ2v) is 8.17. The molecule has 25 heavy (non-hydrogen) atoms. The van der Waals surface area contributed by atoms with Crippen molar-refractivity contribution in [2.24, 2.45) is 5.92 Å². The van der Waals surface area contributed by atoms with Crippen molar-refractivity contribution in [3.05, 3.63) is 12.2 Å². The van der Waals surface area contributed by atoms with E-state index in [1.54, 1.807) is 0 Å². The number of hydrogen-bond acceptors (Lipinski definition) is 0. The maximum atomic E-state index is 2.46. The predicted molar refractivity (Wildman–Crippen MR) is 117 cm³/mol. The van der Waals surface area contributed by atoms with Crippen molar-refractivity contribution in [1.82, 2.24) is 0 Å². The second kappa shape index (κ2) is 21.8. The van der Waals surface area contributed by atoms with E-state index in [0.717, 1.165) is 5.92 Å². The summed E-state index contributed by atoms with van der Waals surface area (Å²) in [7, 11) is 0. The van der Waals surface area contributed by atoms with E-state index in [4.69, 9.17) is 0 Å². The molecule has 0 N–H and O–H groups in total. The van der Waals surface area contributed by atoms with Gasteiger partial charge in [-0.05, 0) is 31.6 Å². The van der Waals surface area contributed by atoms with Gasteiger partial charge in [0.05, 0.1) is 0 Å². The van der Waals surface area contributed by atoms with Crippen LogP contribution < -0.4 is 0 Å². The molecular formula is C25H50. The number of hydrogen-bond donors (Lipinski definition) is 0. The van der Waals surface area contributed by atoms with Crippen LogP contribution in [0, 0.1) is 5.92 Å². The third kappa shape index (κ3) is 19.9. The monoisotopic (exact) mass is 350 g/mol. The predicted octanol–water partition coefficient (Wildman–Crippen LogP) is 9.63. The largest absolute Gasteiger partial charge is 0.0885 e. The van der Waals surface area contributed by atoms with Crippen LogP contribution in [-0.4, -0.2) is 0 Å². The Hall–Kier alpha value is -0.260. The van der Waals surface area contributed by atoms with Crippen molar-refractivity contribution < 1.29 is 0 Å². The molecule has 0 heteroatoms. The van der Waals surface area contributed by atoms with Gasteiger partial charge in [0.1, 0.15) is 0 Å². The molecule has 1 atom stereocenters. The second-order valence-electron chi connectivity index (χ2n) is 8.17. The summed E-state index contributed by atoms with van der Waals surface area (Å²) in [4.78, 5) is 0. The van der Waals surface area contributed by atoms with E-state index < -0.39 is 0 Å². The summed E-state index contributed by atoms with van der Waals surface area (Å²) in [6.45, 7) is 6.94. The van der Waals surface area contributed by atoms with Crippen molar-refractivity contribution in [1.29, 1.82) is 0 Å². The molecule has 0 heterocycles. The maximum Gasteiger partial charge on any atom is -0.0351 e. The maximum absolute atomic E-state index is 2.46. The highest BCUT2D eigenvalue weighted by Gasteiger charge is 2.07. The summed E-state index contributed by atoms with van der Waals surface area (Å²) >= 11 is 0. The van der Waals surface area contributed by atoms with Crippen LogP contribution in [0.15, 0.2) is 12.2 Å². The molecule has 150 valence electrons. The van der Waals surface area contributed by atoms with E-state index in [2.05, 4.69) is 32.9 Å². The summed E-state index contributed by atoms with van der Waals surface area (Å²) in [6.07, 6.45) is 31.9. The molecule has 0 rings (SSSR count). The van der Waals surface area contributed by atoms with Gasteiger partial charge in [0.2, 0.25) is 0 Å². The standard InChI is InChI=1S/C25H50/c1-4-7-10-12-14-15-16-17-19-21-24-25(22-9-6-3)23-20-18-13-11-8-5-2/h16-17,25H,4-15,18-24H2,1-3H3. The van der Waals surface area contributed by atoms with Gasteiger partial charge in [0.25, 0.3) is 0 Å². The van der Waals surface area contributed by atoms with Crippen LogP contribution in [0.25, 0.3) is 0 Å². The van der Waals surface area contributed by atoms with Gasteiger partial charge >= 0.3 is 0 Å². The molecule has 0 amide bonds. The number of allylic oxidation sites excluding steroid dienone is 2. The van der Waals surface area contributed by atoms with Crippen LogP contribution >= 0.6 is 0 Å². The quantitative estimate of drug-likeness (QED) is 0.151. The van der Waals surface area contributed by atoms with Crippen LogP contribution in [0.4, 0.5) is 0 Å². The third-order valence-corrected chi connectivity index (χ3v) is 5.56. The highest BCUT2D eigenvalue weighted by molar-refractivity contribution is 4.81. The topological polar surface area (TPSA) is 0 Å². The molecule has 0 bridgehead atoms. The van der Waals surface area contributed by atoms with Crippen LogP contribution in [-0.2, 0) is 0 Å². The zero-order valence-electron chi connectivity index (χ0n) is 18.2. The van der Waals surface area contributed by atoms with E-state index in [1.807, 2.05) is 0 Å². The first-order valence-electron chi connectivity index (χ1n) is 12.0.